The first-order valence-electron chi connectivity index (χ1n) is 7.39. The monoisotopic (exact) mass is 301 g/mol. The molecular formula is C20H15NO2. The molecule has 0 aliphatic rings. The first-order valence-corrected chi connectivity index (χ1v) is 7.39. The van der Waals surface area contributed by atoms with Crippen molar-refractivity contribution in [2.24, 2.45) is 5.90 Å². The Hall–Kier alpha value is -3.04. The summed E-state index contributed by atoms with van der Waals surface area (Å²) >= 11 is 0. The van der Waals surface area contributed by atoms with Gasteiger partial charge in [0, 0.05) is 11.1 Å². The summed E-state index contributed by atoms with van der Waals surface area (Å²) in [6.45, 7) is 0. The van der Waals surface area contributed by atoms with Crippen LogP contribution in [0.25, 0.3) is 32.7 Å². The Labute approximate surface area is 133 Å². The molecular weight excluding hydrogens is 286 g/mol. The van der Waals surface area contributed by atoms with Crippen LogP contribution >= 0.6 is 0 Å². The van der Waals surface area contributed by atoms with Crippen molar-refractivity contribution in [1.82, 2.24) is 0 Å². The maximum Gasteiger partial charge on any atom is 0.155 e. The van der Waals surface area contributed by atoms with Crippen LogP contribution in [-0.4, -0.2) is 5.11 Å². The highest BCUT2D eigenvalue weighted by Gasteiger charge is 2.17. The van der Waals surface area contributed by atoms with E-state index in [1.165, 1.54) is 0 Å². The van der Waals surface area contributed by atoms with E-state index in [4.69, 9.17) is 10.7 Å². The van der Waals surface area contributed by atoms with Crippen LogP contribution in [0.2, 0.25) is 0 Å². The van der Waals surface area contributed by atoms with Gasteiger partial charge in [0.2, 0.25) is 0 Å². The highest BCUT2D eigenvalue weighted by Crippen LogP contribution is 2.44. The predicted octanol–water partition coefficient (Wildman–Crippen LogP) is 4.62. The zero-order valence-corrected chi connectivity index (χ0v) is 12.4. The average molecular weight is 301 g/mol. The molecule has 23 heavy (non-hydrogen) atoms. The summed E-state index contributed by atoms with van der Waals surface area (Å²) in [6.07, 6.45) is 0. The Morgan fingerprint density at radius 3 is 1.87 bits per heavy atom. The molecule has 0 atom stereocenters. The van der Waals surface area contributed by atoms with E-state index in [-0.39, 0.29) is 5.75 Å². The second-order valence-corrected chi connectivity index (χ2v) is 5.46. The topological polar surface area (TPSA) is 55.5 Å². The van der Waals surface area contributed by atoms with Crippen LogP contribution in [0, 0.1) is 0 Å². The van der Waals surface area contributed by atoms with Gasteiger partial charge in [0.25, 0.3) is 0 Å². The van der Waals surface area contributed by atoms with Crippen LogP contribution in [-0.2, 0) is 0 Å². The van der Waals surface area contributed by atoms with Gasteiger partial charge in [0.05, 0.1) is 0 Å². The fourth-order valence-electron chi connectivity index (χ4n) is 3.13. The van der Waals surface area contributed by atoms with Crippen LogP contribution in [0.3, 0.4) is 0 Å². The van der Waals surface area contributed by atoms with Gasteiger partial charge in [-0.1, -0.05) is 60.7 Å². The molecule has 3 N–H and O–H groups in total. The van der Waals surface area contributed by atoms with Gasteiger partial charge in [0.1, 0.15) is 5.75 Å². The number of benzene rings is 4. The molecule has 0 fully saturated rings. The minimum Gasteiger partial charge on any atom is -0.507 e. The average Bonchev–Trinajstić information content (AvgIpc) is 2.61. The molecule has 0 aliphatic heterocycles. The van der Waals surface area contributed by atoms with Crippen LogP contribution in [0.1, 0.15) is 0 Å². The summed E-state index contributed by atoms with van der Waals surface area (Å²) in [5.41, 5.74) is 1.54. The number of rotatable bonds is 2. The second kappa shape index (κ2) is 5.30. The molecule has 4 aromatic carbocycles. The molecule has 112 valence electrons. The summed E-state index contributed by atoms with van der Waals surface area (Å²) in [6, 6.07) is 23.3. The number of hydrogen-bond acceptors (Lipinski definition) is 3. The van der Waals surface area contributed by atoms with Crippen molar-refractivity contribution in [2.75, 3.05) is 0 Å². The maximum atomic E-state index is 10.5. The van der Waals surface area contributed by atoms with Crippen molar-refractivity contribution >= 4 is 21.5 Å². The molecule has 0 unspecified atom stereocenters. The Morgan fingerprint density at radius 1 is 0.652 bits per heavy atom. The van der Waals surface area contributed by atoms with Crippen LogP contribution in [0.5, 0.6) is 11.5 Å². The molecule has 0 saturated heterocycles. The third kappa shape index (κ3) is 2.10. The van der Waals surface area contributed by atoms with Gasteiger partial charge >= 0.3 is 0 Å². The normalized spacial score (nSPS) is 11.0. The quantitative estimate of drug-likeness (QED) is 0.531. The van der Waals surface area contributed by atoms with E-state index in [0.717, 1.165) is 32.7 Å². The molecule has 4 rings (SSSR count). The lowest BCUT2D eigenvalue weighted by atomic mass is 9.92. The summed E-state index contributed by atoms with van der Waals surface area (Å²) in [5.74, 6) is 6.24. The van der Waals surface area contributed by atoms with Crippen LogP contribution in [0.4, 0.5) is 0 Å². The maximum absolute atomic E-state index is 10.5. The first kappa shape index (κ1) is 13.6. The molecule has 0 spiro atoms. The van der Waals surface area contributed by atoms with E-state index in [0.29, 0.717) is 5.75 Å². The van der Waals surface area contributed by atoms with Gasteiger partial charge in [0.15, 0.2) is 5.75 Å². The van der Waals surface area contributed by atoms with E-state index in [9.17, 15) is 5.11 Å². The number of fused-ring (bicyclic) bond motifs is 2. The smallest absolute Gasteiger partial charge is 0.155 e. The van der Waals surface area contributed by atoms with Gasteiger partial charge in [-0.15, -0.1) is 0 Å². The minimum atomic E-state index is 0.207. The molecule has 3 heteroatoms. The molecule has 0 bridgehead atoms. The highest BCUT2D eigenvalue weighted by molar-refractivity contribution is 6.09. The lowest BCUT2D eigenvalue weighted by Crippen LogP contribution is -2.03. The summed E-state index contributed by atoms with van der Waals surface area (Å²) < 4.78 is 0. The number of hydrogen-bond donors (Lipinski definition) is 2. The minimum absolute atomic E-state index is 0.207. The molecule has 0 radical (unpaired) electrons. The standard InChI is InChI=1S/C20H15NO2/c21-23-18-12-10-14-6-2-4-8-16(14)20(18)19-15-7-3-1-5-13(15)9-11-17(19)22/h1-12,22H,21H2. The lowest BCUT2D eigenvalue weighted by Gasteiger charge is -2.15. The van der Waals surface area contributed by atoms with Gasteiger partial charge in [-0.25, -0.2) is 0 Å². The van der Waals surface area contributed by atoms with Gasteiger partial charge < -0.3 is 9.94 Å². The van der Waals surface area contributed by atoms with Crippen molar-refractivity contribution in [1.29, 1.82) is 0 Å². The summed E-state index contributed by atoms with van der Waals surface area (Å²) in [7, 11) is 0. The Morgan fingerprint density at radius 2 is 1.22 bits per heavy atom. The van der Waals surface area contributed by atoms with Crippen molar-refractivity contribution in [2.45, 2.75) is 0 Å². The second-order valence-electron chi connectivity index (χ2n) is 5.46. The van der Waals surface area contributed by atoms with Crippen molar-refractivity contribution in [3.63, 3.8) is 0 Å². The fourth-order valence-corrected chi connectivity index (χ4v) is 3.13. The Bertz CT molecular complexity index is 1020. The van der Waals surface area contributed by atoms with Crippen molar-refractivity contribution in [3.8, 4) is 22.6 Å². The van der Waals surface area contributed by atoms with E-state index in [1.54, 1.807) is 6.07 Å². The van der Waals surface area contributed by atoms with Crippen molar-refractivity contribution < 1.29 is 9.94 Å². The van der Waals surface area contributed by atoms with Gasteiger partial charge in [-0.2, -0.15) is 5.90 Å². The van der Waals surface area contributed by atoms with Gasteiger partial charge in [-0.05, 0) is 33.7 Å². The van der Waals surface area contributed by atoms with E-state index < -0.39 is 0 Å². The summed E-state index contributed by atoms with van der Waals surface area (Å²) in [5, 5.41) is 14.6. The number of phenols is 1. The zero-order chi connectivity index (χ0) is 15.8. The van der Waals surface area contributed by atoms with Gasteiger partial charge in [-0.3, -0.25) is 0 Å². The third-order valence-corrected chi connectivity index (χ3v) is 4.17. The Balaban J connectivity index is 2.21. The molecule has 0 aliphatic carbocycles. The molecule has 3 nitrogen and oxygen atoms in total. The Kier molecular flexibility index (Phi) is 3.14. The predicted molar refractivity (Wildman–Crippen MR) is 93.4 cm³/mol. The molecule has 0 heterocycles. The molecule has 0 aromatic heterocycles. The van der Waals surface area contributed by atoms with Crippen LogP contribution in [0.15, 0.2) is 72.8 Å². The van der Waals surface area contributed by atoms with Crippen molar-refractivity contribution in [3.05, 3.63) is 72.8 Å². The largest absolute Gasteiger partial charge is 0.507 e. The summed E-state index contributed by atoms with van der Waals surface area (Å²) in [4.78, 5) is 5.10. The number of phenolic OH excluding ortho intramolecular Hbond substituents is 1. The SMILES string of the molecule is NOc1ccc2ccccc2c1-c1c(O)ccc2ccccc12. The highest BCUT2D eigenvalue weighted by atomic mass is 16.6. The number of nitrogens with two attached hydrogens (primary N) is 1. The molecule has 0 saturated carbocycles. The number of aromatic hydroxyl groups is 1. The fraction of sp³-hybridized carbons (Fsp3) is 0. The van der Waals surface area contributed by atoms with E-state index >= 15 is 0 Å². The molecule has 0 amide bonds. The van der Waals surface area contributed by atoms with Crippen LogP contribution < -0.4 is 10.7 Å². The third-order valence-electron chi connectivity index (χ3n) is 4.17. The first-order chi connectivity index (χ1) is 11.3. The lowest BCUT2D eigenvalue weighted by molar-refractivity contribution is 0.336. The van der Waals surface area contributed by atoms with E-state index in [2.05, 4.69) is 0 Å². The zero-order valence-electron chi connectivity index (χ0n) is 12.4. The van der Waals surface area contributed by atoms with E-state index in [1.807, 2.05) is 66.7 Å². The molecule has 4 aromatic rings.